The van der Waals surface area contributed by atoms with Gasteiger partial charge in [-0.15, -0.1) is 0 Å². The van der Waals surface area contributed by atoms with E-state index >= 15 is 0 Å². The van der Waals surface area contributed by atoms with Gasteiger partial charge in [-0.3, -0.25) is 4.99 Å². The van der Waals surface area contributed by atoms with E-state index < -0.39 is 9.84 Å². The van der Waals surface area contributed by atoms with Gasteiger partial charge in [-0.2, -0.15) is 0 Å². The number of aryl methyl sites for hydroxylation is 1. The maximum atomic E-state index is 13.8. The summed E-state index contributed by atoms with van der Waals surface area (Å²) in [6, 6.07) is 14.2. The Morgan fingerprint density at radius 1 is 1.17 bits per heavy atom. The molecule has 0 fully saturated rings. The molecule has 2 aromatic rings. The summed E-state index contributed by atoms with van der Waals surface area (Å²) in [6.45, 7) is 6.68. The third kappa shape index (κ3) is 7.85. The van der Waals surface area contributed by atoms with Crippen LogP contribution in [-0.2, 0) is 15.6 Å². The van der Waals surface area contributed by atoms with E-state index in [9.17, 15) is 12.8 Å². The van der Waals surface area contributed by atoms with E-state index in [2.05, 4.69) is 15.6 Å². The Kier molecular flexibility index (Phi) is 8.64. The number of rotatable bonds is 9. The fourth-order valence-corrected chi connectivity index (χ4v) is 4.28. The molecule has 2 aromatic carbocycles. The number of hydrogen-bond acceptors (Lipinski definition) is 3. The molecule has 2 N–H and O–H groups in total. The van der Waals surface area contributed by atoms with Crippen molar-refractivity contribution < 1.29 is 12.8 Å². The third-order valence-electron chi connectivity index (χ3n) is 4.51. The quantitative estimate of drug-likeness (QED) is 0.369. The average Bonchev–Trinajstić information content (AvgIpc) is 2.68. The Labute approximate surface area is 173 Å². The zero-order chi connectivity index (χ0) is 21.3. The molecule has 0 bridgehead atoms. The highest BCUT2D eigenvalue weighted by Crippen LogP contribution is 2.16. The standard InChI is InChI=1S/C22H30FN3O2S/c1-4-24-22(26-18(3)20-12-11-17(2)21(23)15-20)25-13-8-14-29(27,28)16-19-9-6-5-7-10-19/h5-7,9-12,15,18H,4,8,13-14,16H2,1-3H3,(H2,24,25,26). The van der Waals surface area contributed by atoms with Crippen LogP contribution in [0.2, 0.25) is 0 Å². The van der Waals surface area contributed by atoms with E-state index in [1.54, 1.807) is 13.0 Å². The highest BCUT2D eigenvalue weighted by molar-refractivity contribution is 7.90. The minimum absolute atomic E-state index is 0.0475. The van der Waals surface area contributed by atoms with Crippen molar-refractivity contribution in [3.05, 3.63) is 71.0 Å². The van der Waals surface area contributed by atoms with E-state index in [1.165, 1.54) is 6.07 Å². The molecule has 0 saturated carbocycles. The van der Waals surface area contributed by atoms with Gasteiger partial charge in [0, 0.05) is 13.1 Å². The number of sulfone groups is 1. The van der Waals surface area contributed by atoms with E-state index in [0.717, 1.165) is 11.1 Å². The van der Waals surface area contributed by atoms with Gasteiger partial charge in [0.1, 0.15) is 5.82 Å². The molecule has 0 aliphatic heterocycles. The summed E-state index contributed by atoms with van der Waals surface area (Å²) in [5.41, 5.74) is 2.23. The Hall–Kier alpha value is -2.41. The maximum absolute atomic E-state index is 13.8. The Balaban J connectivity index is 1.90. The van der Waals surface area contributed by atoms with Crippen molar-refractivity contribution in [2.24, 2.45) is 4.99 Å². The van der Waals surface area contributed by atoms with Crippen LogP contribution in [0.1, 0.15) is 43.0 Å². The van der Waals surface area contributed by atoms with E-state index in [0.29, 0.717) is 31.0 Å². The van der Waals surface area contributed by atoms with Crippen LogP contribution >= 0.6 is 0 Å². The Morgan fingerprint density at radius 3 is 2.55 bits per heavy atom. The van der Waals surface area contributed by atoms with Crippen molar-refractivity contribution >= 4 is 15.8 Å². The molecule has 1 atom stereocenters. The van der Waals surface area contributed by atoms with Gasteiger partial charge in [-0.25, -0.2) is 12.8 Å². The van der Waals surface area contributed by atoms with Crippen molar-refractivity contribution in [1.82, 2.24) is 10.6 Å². The van der Waals surface area contributed by atoms with Gasteiger partial charge in [0.15, 0.2) is 15.8 Å². The van der Waals surface area contributed by atoms with Crippen molar-refractivity contribution in [2.45, 2.75) is 39.0 Å². The zero-order valence-electron chi connectivity index (χ0n) is 17.3. The lowest BCUT2D eigenvalue weighted by Crippen LogP contribution is -2.38. The molecule has 0 spiro atoms. The number of benzene rings is 2. The van der Waals surface area contributed by atoms with Gasteiger partial charge >= 0.3 is 0 Å². The average molecular weight is 420 g/mol. The van der Waals surface area contributed by atoms with E-state index in [-0.39, 0.29) is 23.4 Å². The van der Waals surface area contributed by atoms with Gasteiger partial charge in [-0.1, -0.05) is 42.5 Å². The summed E-state index contributed by atoms with van der Waals surface area (Å²) in [4.78, 5) is 4.47. The Bertz CT molecular complexity index is 915. The molecule has 0 aliphatic carbocycles. The zero-order valence-corrected chi connectivity index (χ0v) is 18.1. The van der Waals surface area contributed by atoms with Crippen molar-refractivity contribution in [3.63, 3.8) is 0 Å². The van der Waals surface area contributed by atoms with Crippen LogP contribution in [0, 0.1) is 12.7 Å². The Morgan fingerprint density at radius 2 is 1.90 bits per heavy atom. The summed E-state index contributed by atoms with van der Waals surface area (Å²) in [5, 5.41) is 6.38. The molecule has 0 saturated heterocycles. The van der Waals surface area contributed by atoms with Crippen LogP contribution in [-0.4, -0.2) is 33.2 Å². The van der Waals surface area contributed by atoms with Crippen LogP contribution in [0.15, 0.2) is 53.5 Å². The molecule has 7 heteroatoms. The molecule has 5 nitrogen and oxygen atoms in total. The molecular formula is C22H30FN3O2S. The number of nitrogens with zero attached hydrogens (tertiary/aromatic N) is 1. The SMILES string of the molecule is CCNC(=NCCCS(=O)(=O)Cc1ccccc1)NC(C)c1ccc(C)c(F)c1. The van der Waals surface area contributed by atoms with Gasteiger partial charge in [-0.05, 0) is 49.9 Å². The summed E-state index contributed by atoms with van der Waals surface area (Å²) < 4.78 is 38.4. The van der Waals surface area contributed by atoms with Crippen LogP contribution in [0.3, 0.4) is 0 Å². The topological polar surface area (TPSA) is 70.6 Å². The summed E-state index contributed by atoms with van der Waals surface area (Å²) in [5.74, 6) is 0.484. The first-order valence-corrected chi connectivity index (χ1v) is 11.7. The van der Waals surface area contributed by atoms with Gasteiger partial charge in [0.05, 0.1) is 17.5 Å². The van der Waals surface area contributed by atoms with E-state index in [1.807, 2.05) is 50.2 Å². The monoisotopic (exact) mass is 419 g/mol. The molecule has 1 unspecified atom stereocenters. The third-order valence-corrected chi connectivity index (χ3v) is 6.19. The second-order valence-electron chi connectivity index (χ2n) is 7.07. The maximum Gasteiger partial charge on any atom is 0.191 e. The first kappa shape index (κ1) is 22.9. The molecular weight excluding hydrogens is 389 g/mol. The van der Waals surface area contributed by atoms with Crippen LogP contribution in [0.25, 0.3) is 0 Å². The molecule has 0 amide bonds. The largest absolute Gasteiger partial charge is 0.357 e. The minimum Gasteiger partial charge on any atom is -0.357 e. The second-order valence-corrected chi connectivity index (χ2v) is 9.25. The first-order valence-electron chi connectivity index (χ1n) is 9.86. The molecule has 0 aromatic heterocycles. The highest BCUT2D eigenvalue weighted by atomic mass is 32.2. The number of aliphatic imine (C=N–C) groups is 1. The molecule has 158 valence electrons. The highest BCUT2D eigenvalue weighted by Gasteiger charge is 2.12. The predicted molar refractivity (Wildman–Crippen MR) is 117 cm³/mol. The second kappa shape index (κ2) is 11.0. The lowest BCUT2D eigenvalue weighted by atomic mass is 10.1. The first-order chi connectivity index (χ1) is 13.8. The number of guanidine groups is 1. The smallest absolute Gasteiger partial charge is 0.191 e. The molecule has 0 aliphatic rings. The number of nitrogens with one attached hydrogen (secondary N) is 2. The van der Waals surface area contributed by atoms with Crippen molar-refractivity contribution in [1.29, 1.82) is 0 Å². The minimum atomic E-state index is -3.17. The summed E-state index contributed by atoms with van der Waals surface area (Å²) in [6.07, 6.45) is 0.444. The van der Waals surface area contributed by atoms with Crippen LogP contribution in [0.5, 0.6) is 0 Å². The summed E-state index contributed by atoms with van der Waals surface area (Å²) in [7, 11) is -3.17. The number of halogens is 1. The lowest BCUT2D eigenvalue weighted by molar-refractivity contribution is 0.592. The van der Waals surface area contributed by atoms with Crippen molar-refractivity contribution in [2.75, 3.05) is 18.8 Å². The fourth-order valence-electron chi connectivity index (χ4n) is 2.86. The van der Waals surface area contributed by atoms with Gasteiger partial charge in [0.25, 0.3) is 0 Å². The van der Waals surface area contributed by atoms with Gasteiger partial charge in [0.2, 0.25) is 0 Å². The predicted octanol–water partition coefficient (Wildman–Crippen LogP) is 3.76. The molecule has 0 heterocycles. The van der Waals surface area contributed by atoms with Gasteiger partial charge < -0.3 is 10.6 Å². The summed E-state index contributed by atoms with van der Waals surface area (Å²) >= 11 is 0. The fraction of sp³-hybridized carbons (Fsp3) is 0.409. The van der Waals surface area contributed by atoms with Crippen LogP contribution < -0.4 is 10.6 Å². The van der Waals surface area contributed by atoms with Crippen molar-refractivity contribution in [3.8, 4) is 0 Å². The van der Waals surface area contributed by atoms with Crippen LogP contribution in [0.4, 0.5) is 4.39 Å². The number of hydrogen-bond donors (Lipinski definition) is 2. The molecule has 2 rings (SSSR count). The lowest BCUT2D eigenvalue weighted by Gasteiger charge is -2.18. The van der Waals surface area contributed by atoms with E-state index in [4.69, 9.17) is 0 Å². The molecule has 0 radical (unpaired) electrons. The normalized spacial score (nSPS) is 13.2. The molecule has 29 heavy (non-hydrogen) atoms.